The summed E-state index contributed by atoms with van der Waals surface area (Å²) in [7, 11) is 1.60. The lowest BCUT2D eigenvalue weighted by Gasteiger charge is -2.15. The van der Waals surface area contributed by atoms with E-state index in [4.69, 9.17) is 18.9 Å². The number of ether oxygens (including phenoxy) is 4. The van der Waals surface area contributed by atoms with Crippen LogP contribution in [0.2, 0.25) is 0 Å². The zero-order valence-corrected chi connectivity index (χ0v) is 18.0. The van der Waals surface area contributed by atoms with Gasteiger partial charge in [-0.1, -0.05) is 12.1 Å². The number of carbonyl (C=O) groups is 1. The molecule has 0 unspecified atom stereocenters. The first kappa shape index (κ1) is 22.0. The average Bonchev–Trinajstić information content (AvgIpc) is 2.80. The van der Waals surface area contributed by atoms with Gasteiger partial charge in [0.2, 0.25) is 0 Å². The lowest BCUT2D eigenvalue weighted by molar-refractivity contribution is 0.102. The molecule has 6 nitrogen and oxygen atoms in total. The van der Waals surface area contributed by atoms with Crippen molar-refractivity contribution in [1.82, 2.24) is 0 Å². The molecular formula is C25H27NO5. The molecule has 31 heavy (non-hydrogen) atoms. The maximum absolute atomic E-state index is 12.8. The first-order valence-corrected chi connectivity index (χ1v) is 10.2. The fourth-order valence-corrected chi connectivity index (χ4v) is 3.03. The minimum atomic E-state index is -0.217. The number of hydrogen-bond acceptors (Lipinski definition) is 5. The van der Waals surface area contributed by atoms with E-state index < -0.39 is 0 Å². The Morgan fingerprint density at radius 3 is 2.19 bits per heavy atom. The molecule has 162 valence electrons. The Hall–Kier alpha value is -3.67. The van der Waals surface area contributed by atoms with Gasteiger partial charge in [-0.25, -0.2) is 0 Å². The Balaban J connectivity index is 1.75. The first-order valence-electron chi connectivity index (χ1n) is 10.2. The Bertz CT molecular complexity index is 1000. The van der Waals surface area contributed by atoms with E-state index >= 15 is 0 Å². The van der Waals surface area contributed by atoms with Crippen molar-refractivity contribution < 1.29 is 23.7 Å². The molecule has 0 atom stereocenters. The Labute approximate surface area is 182 Å². The average molecular weight is 421 g/mol. The molecule has 1 N–H and O–H groups in total. The van der Waals surface area contributed by atoms with E-state index in [9.17, 15) is 4.79 Å². The second-order valence-electron chi connectivity index (χ2n) is 6.61. The summed E-state index contributed by atoms with van der Waals surface area (Å²) in [5.41, 5.74) is 1.97. The fourth-order valence-electron chi connectivity index (χ4n) is 3.03. The van der Waals surface area contributed by atoms with E-state index in [1.807, 2.05) is 62.4 Å². The molecule has 3 aromatic rings. The number of anilines is 1. The molecule has 3 aromatic carbocycles. The van der Waals surface area contributed by atoms with Crippen LogP contribution in [-0.4, -0.2) is 26.2 Å². The number of rotatable bonds is 10. The summed E-state index contributed by atoms with van der Waals surface area (Å²) >= 11 is 0. The molecule has 0 saturated carbocycles. The molecule has 0 saturated heterocycles. The smallest absolute Gasteiger partial charge is 0.255 e. The Morgan fingerprint density at radius 2 is 1.52 bits per heavy atom. The van der Waals surface area contributed by atoms with E-state index in [0.717, 1.165) is 11.3 Å². The van der Waals surface area contributed by atoms with Crippen LogP contribution in [0.4, 0.5) is 5.69 Å². The molecule has 0 aliphatic carbocycles. The van der Waals surface area contributed by atoms with Gasteiger partial charge in [-0.05, 0) is 68.4 Å². The summed E-state index contributed by atoms with van der Waals surface area (Å²) in [6.07, 6.45) is 0. The SMILES string of the molecule is CCOc1ccc(NC(=O)c2ccc(OCC)c(COc3ccccc3OC)c2)cc1. The number of hydrogen-bond donors (Lipinski definition) is 1. The van der Waals surface area contributed by atoms with Gasteiger partial charge in [-0.15, -0.1) is 0 Å². The summed E-state index contributed by atoms with van der Waals surface area (Å²) in [6.45, 7) is 5.19. The Morgan fingerprint density at radius 1 is 0.806 bits per heavy atom. The third kappa shape index (κ3) is 5.92. The van der Waals surface area contributed by atoms with Crippen LogP contribution in [-0.2, 0) is 6.61 Å². The molecule has 6 heteroatoms. The minimum Gasteiger partial charge on any atom is -0.494 e. The van der Waals surface area contributed by atoms with Crippen LogP contribution < -0.4 is 24.3 Å². The van der Waals surface area contributed by atoms with Crippen LogP contribution in [0, 0.1) is 0 Å². The third-order valence-electron chi connectivity index (χ3n) is 4.50. The highest BCUT2D eigenvalue weighted by atomic mass is 16.5. The third-order valence-corrected chi connectivity index (χ3v) is 4.50. The van der Waals surface area contributed by atoms with Crippen molar-refractivity contribution in [1.29, 1.82) is 0 Å². The van der Waals surface area contributed by atoms with Crippen molar-refractivity contribution in [3.8, 4) is 23.0 Å². The number of amides is 1. The lowest BCUT2D eigenvalue weighted by Crippen LogP contribution is -2.13. The van der Waals surface area contributed by atoms with Crippen molar-refractivity contribution in [2.45, 2.75) is 20.5 Å². The molecular weight excluding hydrogens is 394 g/mol. The summed E-state index contributed by atoms with van der Waals surface area (Å²) in [5.74, 6) is 2.49. The number of methoxy groups -OCH3 is 1. The van der Waals surface area contributed by atoms with E-state index in [0.29, 0.717) is 41.7 Å². The predicted octanol–water partition coefficient (Wildman–Crippen LogP) is 5.32. The van der Waals surface area contributed by atoms with Crippen molar-refractivity contribution in [2.75, 3.05) is 25.6 Å². The minimum absolute atomic E-state index is 0.217. The highest BCUT2D eigenvalue weighted by molar-refractivity contribution is 6.04. The maximum atomic E-state index is 12.8. The van der Waals surface area contributed by atoms with Gasteiger partial charge in [0.25, 0.3) is 5.91 Å². The molecule has 0 aliphatic heterocycles. The van der Waals surface area contributed by atoms with Gasteiger partial charge < -0.3 is 24.3 Å². The van der Waals surface area contributed by atoms with Crippen molar-refractivity contribution in [2.24, 2.45) is 0 Å². The molecule has 0 aliphatic rings. The van der Waals surface area contributed by atoms with Gasteiger partial charge in [0.05, 0.1) is 20.3 Å². The number of para-hydroxylation sites is 2. The molecule has 1 amide bonds. The summed E-state index contributed by atoms with van der Waals surface area (Å²) < 4.78 is 22.4. The first-order chi connectivity index (χ1) is 15.1. The molecule has 0 radical (unpaired) electrons. The predicted molar refractivity (Wildman–Crippen MR) is 121 cm³/mol. The Kier molecular flexibility index (Phi) is 7.76. The topological polar surface area (TPSA) is 66.0 Å². The highest BCUT2D eigenvalue weighted by Crippen LogP contribution is 2.29. The zero-order valence-electron chi connectivity index (χ0n) is 18.0. The van der Waals surface area contributed by atoms with Crippen LogP contribution in [0.3, 0.4) is 0 Å². The van der Waals surface area contributed by atoms with Crippen molar-refractivity contribution in [3.63, 3.8) is 0 Å². The second kappa shape index (κ2) is 10.9. The lowest BCUT2D eigenvalue weighted by atomic mass is 10.1. The van der Waals surface area contributed by atoms with E-state index in [1.165, 1.54) is 0 Å². The fraction of sp³-hybridized carbons (Fsp3) is 0.240. The molecule has 0 spiro atoms. The number of benzene rings is 3. The van der Waals surface area contributed by atoms with Crippen molar-refractivity contribution >= 4 is 11.6 Å². The number of nitrogens with one attached hydrogen (secondary N) is 1. The van der Waals surface area contributed by atoms with Crippen LogP contribution in [0.1, 0.15) is 29.8 Å². The molecule has 0 fully saturated rings. The van der Waals surface area contributed by atoms with E-state index in [-0.39, 0.29) is 12.5 Å². The zero-order chi connectivity index (χ0) is 22.1. The normalized spacial score (nSPS) is 10.3. The van der Waals surface area contributed by atoms with Gasteiger partial charge in [0.15, 0.2) is 11.5 Å². The standard InChI is InChI=1S/C25H27NO5/c1-4-29-21-13-11-20(12-14-21)26-25(27)18-10-15-22(30-5-2)19(16-18)17-31-24-9-7-6-8-23(24)28-3/h6-16H,4-5,17H2,1-3H3,(H,26,27). The van der Waals surface area contributed by atoms with Gasteiger partial charge in [0.1, 0.15) is 18.1 Å². The number of carbonyl (C=O) groups excluding carboxylic acids is 1. The second-order valence-corrected chi connectivity index (χ2v) is 6.61. The molecule has 0 aromatic heterocycles. The maximum Gasteiger partial charge on any atom is 0.255 e. The monoisotopic (exact) mass is 421 g/mol. The quantitative estimate of drug-likeness (QED) is 0.480. The van der Waals surface area contributed by atoms with E-state index in [2.05, 4.69) is 5.32 Å². The van der Waals surface area contributed by atoms with Crippen LogP contribution in [0.25, 0.3) is 0 Å². The van der Waals surface area contributed by atoms with Gasteiger partial charge in [0, 0.05) is 16.8 Å². The van der Waals surface area contributed by atoms with Gasteiger partial charge in [-0.3, -0.25) is 4.79 Å². The van der Waals surface area contributed by atoms with Gasteiger partial charge >= 0.3 is 0 Å². The summed E-state index contributed by atoms with van der Waals surface area (Å²) in [5, 5.41) is 2.90. The molecule has 0 bridgehead atoms. The van der Waals surface area contributed by atoms with Crippen LogP contribution in [0.5, 0.6) is 23.0 Å². The summed E-state index contributed by atoms with van der Waals surface area (Å²) in [6, 6.07) is 20.0. The summed E-state index contributed by atoms with van der Waals surface area (Å²) in [4.78, 5) is 12.8. The highest BCUT2D eigenvalue weighted by Gasteiger charge is 2.13. The largest absolute Gasteiger partial charge is 0.494 e. The van der Waals surface area contributed by atoms with Crippen LogP contribution in [0.15, 0.2) is 66.7 Å². The van der Waals surface area contributed by atoms with E-state index in [1.54, 1.807) is 25.3 Å². The van der Waals surface area contributed by atoms with Crippen molar-refractivity contribution in [3.05, 3.63) is 77.9 Å². The van der Waals surface area contributed by atoms with Crippen LogP contribution >= 0.6 is 0 Å². The molecule has 3 rings (SSSR count). The molecule has 0 heterocycles. The van der Waals surface area contributed by atoms with Gasteiger partial charge in [-0.2, -0.15) is 0 Å².